The molecule has 3 heteroatoms. The molecule has 2 aromatic rings. The van der Waals surface area contributed by atoms with E-state index < -0.39 is 0 Å². The van der Waals surface area contributed by atoms with Gasteiger partial charge in [-0.15, -0.1) is 0 Å². The van der Waals surface area contributed by atoms with Gasteiger partial charge in [0.25, 0.3) is 0 Å². The number of piperidine rings is 1. The van der Waals surface area contributed by atoms with Crippen LogP contribution in [0.25, 0.3) is 10.9 Å². The number of amides is 1. The highest BCUT2D eigenvalue weighted by Gasteiger charge is 2.31. The first-order valence-electron chi connectivity index (χ1n) is 9.00. The Morgan fingerprint density at radius 3 is 3.00 bits per heavy atom. The van der Waals surface area contributed by atoms with Gasteiger partial charge in [-0.2, -0.15) is 0 Å². The highest BCUT2D eigenvalue weighted by molar-refractivity contribution is 5.87. The van der Waals surface area contributed by atoms with Crippen molar-refractivity contribution in [1.29, 1.82) is 0 Å². The van der Waals surface area contributed by atoms with Crippen molar-refractivity contribution in [1.82, 2.24) is 9.88 Å². The maximum absolute atomic E-state index is 12.9. The van der Waals surface area contributed by atoms with Gasteiger partial charge in [0.15, 0.2) is 0 Å². The Labute approximate surface area is 138 Å². The zero-order chi connectivity index (χ0) is 16.0. The molecule has 1 aliphatic carbocycles. The average Bonchev–Trinajstić information content (AvgIpc) is 2.91. The smallest absolute Gasteiger partial charge is 0.226 e. The molecule has 1 aliphatic heterocycles. The van der Waals surface area contributed by atoms with Gasteiger partial charge in [-0.05, 0) is 62.6 Å². The molecule has 1 aromatic carbocycles. The van der Waals surface area contributed by atoms with E-state index in [-0.39, 0.29) is 5.92 Å². The fourth-order valence-electron chi connectivity index (χ4n) is 4.39. The summed E-state index contributed by atoms with van der Waals surface area (Å²) in [5.41, 5.74) is 5.25. The minimum Gasteiger partial charge on any atom is -0.358 e. The second-order valence-electron chi connectivity index (χ2n) is 7.60. The predicted molar refractivity (Wildman–Crippen MR) is 93.5 cm³/mol. The number of aryl methyl sites for hydroxylation is 2. The lowest BCUT2D eigenvalue weighted by atomic mass is 9.84. The Kier molecular flexibility index (Phi) is 3.67. The molecule has 1 saturated heterocycles. The largest absolute Gasteiger partial charge is 0.358 e. The minimum atomic E-state index is 0.173. The van der Waals surface area contributed by atoms with E-state index >= 15 is 0 Å². The van der Waals surface area contributed by atoms with E-state index in [9.17, 15) is 4.79 Å². The molecule has 1 amide bonds. The number of rotatable bonds is 1. The first-order chi connectivity index (χ1) is 11.1. The van der Waals surface area contributed by atoms with Crippen molar-refractivity contribution in [3.63, 3.8) is 0 Å². The van der Waals surface area contributed by atoms with Gasteiger partial charge >= 0.3 is 0 Å². The maximum atomic E-state index is 12.9. The SMILES string of the molecule is Cc1ccc2[nH]c3c(c2c1)CC(C(=O)N1CCCC(C)C1)CC3. The molecule has 2 unspecified atom stereocenters. The Hall–Kier alpha value is -1.77. The molecular weight excluding hydrogens is 284 g/mol. The van der Waals surface area contributed by atoms with Crippen molar-refractivity contribution in [3.8, 4) is 0 Å². The summed E-state index contributed by atoms with van der Waals surface area (Å²) in [7, 11) is 0. The second-order valence-corrected chi connectivity index (χ2v) is 7.60. The van der Waals surface area contributed by atoms with Crippen LogP contribution in [0.3, 0.4) is 0 Å². The summed E-state index contributed by atoms with van der Waals surface area (Å²) >= 11 is 0. The third kappa shape index (κ3) is 2.66. The predicted octanol–water partition coefficient (Wildman–Crippen LogP) is 3.84. The molecule has 1 N–H and O–H groups in total. The van der Waals surface area contributed by atoms with Gasteiger partial charge in [0.1, 0.15) is 0 Å². The van der Waals surface area contributed by atoms with Crippen molar-refractivity contribution in [3.05, 3.63) is 35.0 Å². The van der Waals surface area contributed by atoms with E-state index in [1.54, 1.807) is 0 Å². The maximum Gasteiger partial charge on any atom is 0.226 e. The molecule has 4 rings (SSSR count). The number of H-pyrrole nitrogens is 1. The molecule has 122 valence electrons. The average molecular weight is 310 g/mol. The third-order valence-corrected chi connectivity index (χ3v) is 5.66. The molecule has 0 spiro atoms. The number of nitrogens with zero attached hydrogens (tertiary/aromatic N) is 1. The van der Waals surface area contributed by atoms with E-state index in [4.69, 9.17) is 0 Å². The van der Waals surface area contributed by atoms with Crippen molar-refractivity contribution in [2.45, 2.75) is 46.0 Å². The number of carbonyl (C=O) groups is 1. The number of aromatic amines is 1. The molecule has 0 bridgehead atoms. The number of hydrogen-bond donors (Lipinski definition) is 1. The molecule has 3 nitrogen and oxygen atoms in total. The summed E-state index contributed by atoms with van der Waals surface area (Å²) in [6.45, 7) is 6.31. The van der Waals surface area contributed by atoms with Gasteiger partial charge in [-0.3, -0.25) is 4.79 Å². The Morgan fingerprint density at radius 2 is 2.17 bits per heavy atom. The summed E-state index contributed by atoms with van der Waals surface area (Å²) in [6.07, 6.45) is 5.32. The van der Waals surface area contributed by atoms with Gasteiger partial charge in [0, 0.05) is 35.6 Å². The van der Waals surface area contributed by atoms with Crippen molar-refractivity contribution >= 4 is 16.8 Å². The van der Waals surface area contributed by atoms with Gasteiger partial charge in [0.05, 0.1) is 0 Å². The lowest BCUT2D eigenvalue weighted by Crippen LogP contribution is -2.43. The lowest BCUT2D eigenvalue weighted by Gasteiger charge is -2.34. The number of likely N-dealkylation sites (tertiary alicyclic amines) is 1. The molecule has 1 aromatic heterocycles. The topological polar surface area (TPSA) is 36.1 Å². The van der Waals surface area contributed by atoms with E-state index in [1.165, 1.54) is 34.1 Å². The standard InChI is InChI=1S/C20H26N2O/c1-13-5-7-18-16(10-13)17-11-15(6-8-19(17)21-18)20(23)22-9-3-4-14(2)12-22/h5,7,10,14-15,21H,3-4,6,8-9,11-12H2,1-2H3. The molecule has 2 heterocycles. The van der Waals surface area contributed by atoms with Crippen LogP contribution in [0, 0.1) is 18.8 Å². The Balaban J connectivity index is 1.59. The number of nitrogens with one attached hydrogen (secondary N) is 1. The number of benzene rings is 1. The quantitative estimate of drug-likeness (QED) is 0.853. The first-order valence-corrected chi connectivity index (χ1v) is 9.00. The zero-order valence-electron chi connectivity index (χ0n) is 14.2. The van der Waals surface area contributed by atoms with Crippen LogP contribution >= 0.6 is 0 Å². The molecule has 23 heavy (non-hydrogen) atoms. The van der Waals surface area contributed by atoms with Gasteiger partial charge in [-0.1, -0.05) is 18.6 Å². The summed E-state index contributed by atoms with van der Waals surface area (Å²) in [6, 6.07) is 6.59. The second kappa shape index (κ2) is 5.70. The molecule has 0 radical (unpaired) electrons. The zero-order valence-corrected chi connectivity index (χ0v) is 14.2. The number of fused-ring (bicyclic) bond motifs is 3. The summed E-state index contributed by atoms with van der Waals surface area (Å²) < 4.78 is 0. The first kappa shape index (κ1) is 14.8. The molecule has 1 fully saturated rings. The van der Waals surface area contributed by atoms with Crippen LogP contribution in [-0.4, -0.2) is 28.9 Å². The Bertz CT molecular complexity index is 745. The fourth-order valence-corrected chi connectivity index (χ4v) is 4.39. The van der Waals surface area contributed by atoms with Gasteiger partial charge in [-0.25, -0.2) is 0 Å². The van der Waals surface area contributed by atoms with Crippen LogP contribution < -0.4 is 0 Å². The van der Waals surface area contributed by atoms with Gasteiger partial charge < -0.3 is 9.88 Å². The lowest BCUT2D eigenvalue weighted by molar-refractivity contribution is -0.137. The highest BCUT2D eigenvalue weighted by atomic mass is 16.2. The van der Waals surface area contributed by atoms with E-state index in [2.05, 4.69) is 41.9 Å². The monoisotopic (exact) mass is 310 g/mol. The van der Waals surface area contributed by atoms with E-state index in [1.807, 2.05) is 0 Å². The van der Waals surface area contributed by atoms with Crippen LogP contribution in [0.15, 0.2) is 18.2 Å². The van der Waals surface area contributed by atoms with Crippen LogP contribution in [0.2, 0.25) is 0 Å². The van der Waals surface area contributed by atoms with E-state index in [0.717, 1.165) is 38.8 Å². The van der Waals surface area contributed by atoms with Crippen LogP contribution in [0.4, 0.5) is 0 Å². The van der Waals surface area contributed by atoms with Crippen molar-refractivity contribution in [2.75, 3.05) is 13.1 Å². The normalized spacial score (nSPS) is 24.7. The number of aromatic nitrogens is 1. The number of carbonyl (C=O) groups excluding carboxylic acids is 1. The number of hydrogen-bond acceptors (Lipinski definition) is 1. The van der Waals surface area contributed by atoms with Crippen LogP contribution in [0.1, 0.15) is 43.0 Å². The minimum absolute atomic E-state index is 0.173. The van der Waals surface area contributed by atoms with Gasteiger partial charge in [0.2, 0.25) is 5.91 Å². The van der Waals surface area contributed by atoms with Crippen molar-refractivity contribution in [2.24, 2.45) is 11.8 Å². The third-order valence-electron chi connectivity index (χ3n) is 5.66. The molecule has 2 aliphatic rings. The van der Waals surface area contributed by atoms with E-state index in [0.29, 0.717) is 11.8 Å². The highest BCUT2D eigenvalue weighted by Crippen LogP contribution is 2.33. The molecule has 2 atom stereocenters. The summed E-state index contributed by atoms with van der Waals surface area (Å²) in [4.78, 5) is 18.6. The molecule has 0 saturated carbocycles. The van der Waals surface area contributed by atoms with Crippen LogP contribution in [0.5, 0.6) is 0 Å². The Morgan fingerprint density at radius 1 is 1.30 bits per heavy atom. The van der Waals surface area contributed by atoms with Crippen LogP contribution in [-0.2, 0) is 17.6 Å². The fraction of sp³-hybridized carbons (Fsp3) is 0.550. The molecular formula is C20H26N2O. The summed E-state index contributed by atoms with van der Waals surface area (Å²) in [5.74, 6) is 1.22. The van der Waals surface area contributed by atoms with Crippen molar-refractivity contribution < 1.29 is 4.79 Å². The summed E-state index contributed by atoms with van der Waals surface area (Å²) in [5, 5.41) is 1.32.